The fourth-order valence-corrected chi connectivity index (χ4v) is 3.34. The van der Waals surface area contributed by atoms with Crippen molar-refractivity contribution in [3.05, 3.63) is 28.8 Å². The van der Waals surface area contributed by atoms with Gasteiger partial charge in [-0.1, -0.05) is 17.7 Å². The normalized spacial score (nSPS) is 11.3. The molecular formula is C12H18N2O3S. The first-order chi connectivity index (χ1) is 8.27. The van der Waals surface area contributed by atoms with Crippen LogP contribution in [-0.2, 0) is 14.8 Å². The van der Waals surface area contributed by atoms with Gasteiger partial charge in [0.05, 0.1) is 11.4 Å². The van der Waals surface area contributed by atoms with Crippen LogP contribution < -0.4 is 10.0 Å². The highest BCUT2D eigenvalue weighted by molar-refractivity contribution is 7.89. The number of amides is 1. The van der Waals surface area contributed by atoms with Gasteiger partial charge < -0.3 is 5.32 Å². The lowest BCUT2D eigenvalue weighted by Gasteiger charge is -2.12. The van der Waals surface area contributed by atoms with E-state index in [1.807, 2.05) is 6.92 Å². The second-order valence-corrected chi connectivity index (χ2v) is 5.93. The molecule has 0 spiro atoms. The van der Waals surface area contributed by atoms with E-state index in [1.54, 1.807) is 26.0 Å². The van der Waals surface area contributed by atoms with Gasteiger partial charge in [0.1, 0.15) is 0 Å². The second kappa shape index (κ2) is 5.49. The summed E-state index contributed by atoms with van der Waals surface area (Å²) in [5.41, 5.74) is 2.36. The number of aryl methyl sites for hydroxylation is 3. The van der Waals surface area contributed by atoms with Crippen LogP contribution in [0.2, 0.25) is 0 Å². The number of rotatable bonds is 4. The predicted molar refractivity (Wildman–Crippen MR) is 69.9 cm³/mol. The number of hydrogen-bond acceptors (Lipinski definition) is 3. The number of benzene rings is 1. The number of likely N-dealkylation sites (N-methyl/N-ethyl adjacent to an activating group) is 1. The molecule has 0 aromatic heterocycles. The third kappa shape index (κ3) is 3.30. The van der Waals surface area contributed by atoms with Crippen LogP contribution in [0, 0.1) is 20.8 Å². The Hall–Kier alpha value is -1.40. The van der Waals surface area contributed by atoms with Crippen molar-refractivity contribution in [3.63, 3.8) is 0 Å². The zero-order valence-corrected chi connectivity index (χ0v) is 11.8. The monoisotopic (exact) mass is 270 g/mol. The number of carbonyl (C=O) groups excluding carboxylic acids is 1. The van der Waals surface area contributed by atoms with Crippen LogP contribution in [0.5, 0.6) is 0 Å². The summed E-state index contributed by atoms with van der Waals surface area (Å²) in [6.45, 7) is 5.14. The second-order valence-electron chi connectivity index (χ2n) is 4.23. The Morgan fingerprint density at radius 3 is 2.11 bits per heavy atom. The van der Waals surface area contributed by atoms with Gasteiger partial charge in [-0.05, 0) is 31.9 Å². The van der Waals surface area contributed by atoms with E-state index in [0.29, 0.717) is 11.1 Å². The zero-order valence-electron chi connectivity index (χ0n) is 11.0. The molecule has 0 radical (unpaired) electrons. The van der Waals surface area contributed by atoms with E-state index in [9.17, 15) is 13.2 Å². The number of carbonyl (C=O) groups is 1. The molecule has 0 fully saturated rings. The van der Waals surface area contributed by atoms with E-state index < -0.39 is 10.0 Å². The van der Waals surface area contributed by atoms with Crippen molar-refractivity contribution in [3.8, 4) is 0 Å². The van der Waals surface area contributed by atoms with Gasteiger partial charge in [-0.2, -0.15) is 0 Å². The van der Waals surface area contributed by atoms with Crippen molar-refractivity contribution in [2.45, 2.75) is 25.7 Å². The molecule has 0 aliphatic carbocycles. The molecule has 1 aromatic carbocycles. The highest BCUT2D eigenvalue weighted by atomic mass is 32.2. The highest BCUT2D eigenvalue weighted by Crippen LogP contribution is 2.21. The van der Waals surface area contributed by atoms with Gasteiger partial charge in [0.25, 0.3) is 0 Å². The van der Waals surface area contributed by atoms with Crippen LogP contribution in [0.1, 0.15) is 16.7 Å². The maximum atomic E-state index is 12.1. The Balaban J connectivity index is 3.10. The first-order valence-corrected chi connectivity index (χ1v) is 7.04. The van der Waals surface area contributed by atoms with E-state index in [4.69, 9.17) is 0 Å². The zero-order chi connectivity index (χ0) is 13.9. The molecule has 1 aromatic rings. The Bertz CT molecular complexity index is 542. The molecule has 1 amide bonds. The fraction of sp³-hybridized carbons (Fsp3) is 0.417. The quantitative estimate of drug-likeness (QED) is 0.843. The topological polar surface area (TPSA) is 75.3 Å². The molecule has 6 heteroatoms. The predicted octanol–water partition coefficient (Wildman–Crippen LogP) is 0.636. The summed E-state index contributed by atoms with van der Waals surface area (Å²) in [4.78, 5) is 11.3. The summed E-state index contributed by atoms with van der Waals surface area (Å²) < 4.78 is 26.5. The lowest BCUT2D eigenvalue weighted by Crippen LogP contribution is -2.35. The molecular weight excluding hydrogens is 252 g/mol. The number of nitrogens with one attached hydrogen (secondary N) is 2. The summed E-state index contributed by atoms with van der Waals surface area (Å²) in [5, 5.41) is 2.36. The molecule has 0 bridgehead atoms. The molecule has 0 saturated carbocycles. The van der Waals surface area contributed by atoms with Gasteiger partial charge in [0.2, 0.25) is 15.9 Å². The third-order valence-corrected chi connectivity index (χ3v) is 4.28. The Morgan fingerprint density at radius 2 is 1.67 bits per heavy atom. The van der Waals surface area contributed by atoms with Gasteiger partial charge in [-0.3, -0.25) is 4.79 Å². The molecule has 18 heavy (non-hydrogen) atoms. The molecule has 0 atom stereocenters. The van der Waals surface area contributed by atoms with Crippen molar-refractivity contribution in [1.29, 1.82) is 0 Å². The number of sulfonamides is 1. The number of hydrogen-bond donors (Lipinski definition) is 2. The van der Waals surface area contributed by atoms with Crippen LogP contribution in [0.25, 0.3) is 0 Å². The smallest absolute Gasteiger partial charge is 0.241 e. The van der Waals surface area contributed by atoms with E-state index in [-0.39, 0.29) is 17.3 Å². The Morgan fingerprint density at radius 1 is 1.17 bits per heavy atom. The fourth-order valence-electron chi connectivity index (χ4n) is 1.91. The lowest BCUT2D eigenvalue weighted by atomic mass is 10.1. The van der Waals surface area contributed by atoms with E-state index >= 15 is 0 Å². The van der Waals surface area contributed by atoms with Crippen LogP contribution in [0.4, 0.5) is 0 Å². The van der Waals surface area contributed by atoms with E-state index in [0.717, 1.165) is 5.56 Å². The lowest BCUT2D eigenvalue weighted by molar-refractivity contribution is -0.119. The standard InChI is InChI=1S/C12H18N2O3S/c1-8-5-9(2)12(10(3)6-8)18(16,17)14-7-11(15)13-4/h5-6,14H,7H2,1-4H3,(H,13,15). The van der Waals surface area contributed by atoms with Crippen molar-refractivity contribution >= 4 is 15.9 Å². The molecule has 2 N–H and O–H groups in total. The van der Waals surface area contributed by atoms with E-state index in [1.165, 1.54) is 7.05 Å². The van der Waals surface area contributed by atoms with Gasteiger partial charge in [0.15, 0.2) is 0 Å². The van der Waals surface area contributed by atoms with Crippen LogP contribution in [0.3, 0.4) is 0 Å². The summed E-state index contributed by atoms with van der Waals surface area (Å²) >= 11 is 0. The highest BCUT2D eigenvalue weighted by Gasteiger charge is 2.20. The molecule has 0 aliphatic rings. The van der Waals surface area contributed by atoms with Crippen LogP contribution in [-0.4, -0.2) is 27.9 Å². The van der Waals surface area contributed by atoms with Crippen LogP contribution in [0.15, 0.2) is 17.0 Å². The largest absolute Gasteiger partial charge is 0.358 e. The van der Waals surface area contributed by atoms with Crippen molar-refractivity contribution in [2.24, 2.45) is 0 Å². The van der Waals surface area contributed by atoms with Crippen molar-refractivity contribution in [2.75, 3.05) is 13.6 Å². The van der Waals surface area contributed by atoms with Crippen molar-refractivity contribution < 1.29 is 13.2 Å². The van der Waals surface area contributed by atoms with Gasteiger partial charge >= 0.3 is 0 Å². The first kappa shape index (κ1) is 14.7. The molecule has 0 saturated heterocycles. The summed E-state index contributed by atoms with van der Waals surface area (Å²) in [7, 11) is -2.20. The van der Waals surface area contributed by atoms with Gasteiger partial charge in [-0.15, -0.1) is 0 Å². The molecule has 0 aliphatic heterocycles. The molecule has 0 heterocycles. The van der Waals surface area contributed by atoms with Gasteiger partial charge in [-0.25, -0.2) is 13.1 Å². The molecule has 100 valence electrons. The first-order valence-electron chi connectivity index (χ1n) is 5.56. The maximum Gasteiger partial charge on any atom is 0.241 e. The van der Waals surface area contributed by atoms with Crippen LogP contribution >= 0.6 is 0 Å². The average Bonchev–Trinajstić information content (AvgIpc) is 2.24. The van der Waals surface area contributed by atoms with E-state index in [2.05, 4.69) is 10.0 Å². The Labute approximate surface area is 108 Å². The van der Waals surface area contributed by atoms with Gasteiger partial charge in [0, 0.05) is 7.05 Å². The molecule has 1 rings (SSSR count). The van der Waals surface area contributed by atoms with Crippen molar-refractivity contribution in [1.82, 2.24) is 10.0 Å². The molecule has 0 unspecified atom stereocenters. The molecule has 5 nitrogen and oxygen atoms in total. The summed E-state index contributed by atoms with van der Waals surface area (Å²) in [5.74, 6) is -0.374. The minimum absolute atomic E-state index is 0.247. The maximum absolute atomic E-state index is 12.1. The summed E-state index contributed by atoms with van der Waals surface area (Å²) in [6.07, 6.45) is 0. The third-order valence-electron chi connectivity index (χ3n) is 2.57. The Kier molecular flexibility index (Phi) is 4.48. The SMILES string of the molecule is CNC(=O)CNS(=O)(=O)c1c(C)cc(C)cc1C. The minimum atomic E-state index is -3.65. The average molecular weight is 270 g/mol. The summed E-state index contributed by atoms with van der Waals surface area (Å²) in [6, 6.07) is 3.61. The minimum Gasteiger partial charge on any atom is -0.358 e.